The number of ether oxygens (including phenoxy) is 2. The van der Waals surface area contributed by atoms with Crippen molar-refractivity contribution in [3.8, 4) is 17.0 Å². The van der Waals surface area contributed by atoms with Crippen LogP contribution >= 0.6 is 0 Å². The van der Waals surface area contributed by atoms with Crippen molar-refractivity contribution < 1.29 is 18.3 Å². The molecule has 1 aromatic carbocycles. The van der Waals surface area contributed by atoms with E-state index in [2.05, 4.69) is 39.6 Å². The number of halogens is 2. The van der Waals surface area contributed by atoms with Gasteiger partial charge in [0, 0.05) is 24.3 Å². The molecule has 12 heteroatoms. The minimum atomic E-state index is -2.95. The molecule has 1 unspecified atom stereocenters. The lowest BCUT2D eigenvalue weighted by molar-refractivity contribution is -0.174. The Morgan fingerprint density at radius 1 is 1.22 bits per heavy atom. The predicted molar refractivity (Wildman–Crippen MR) is 134 cm³/mol. The average molecular weight is 513 g/mol. The van der Waals surface area contributed by atoms with Crippen LogP contribution in [0.15, 0.2) is 30.5 Å². The van der Waals surface area contributed by atoms with E-state index in [4.69, 9.17) is 9.47 Å². The molecule has 196 valence electrons. The number of benzene rings is 1. The summed E-state index contributed by atoms with van der Waals surface area (Å²) < 4.78 is 44.7. The van der Waals surface area contributed by atoms with Crippen LogP contribution in [0, 0.1) is 0 Å². The van der Waals surface area contributed by atoms with Crippen molar-refractivity contribution in [2.45, 2.75) is 50.7 Å². The van der Waals surface area contributed by atoms with E-state index in [1.165, 1.54) is 7.11 Å². The number of hydrogen-bond donors (Lipinski definition) is 1. The molecule has 1 atom stereocenters. The molecule has 4 aromatic rings. The molecule has 3 aromatic heterocycles. The smallest absolute Gasteiger partial charge is 0.280 e. The van der Waals surface area contributed by atoms with Gasteiger partial charge in [-0.1, -0.05) is 11.3 Å². The zero-order valence-electron chi connectivity index (χ0n) is 21.3. The van der Waals surface area contributed by atoms with Crippen molar-refractivity contribution in [2.75, 3.05) is 38.7 Å². The summed E-state index contributed by atoms with van der Waals surface area (Å²) in [6.07, 6.45) is 2.04. The topological polar surface area (TPSA) is 94.6 Å². The van der Waals surface area contributed by atoms with E-state index < -0.39 is 12.0 Å². The second kappa shape index (κ2) is 8.59. The van der Waals surface area contributed by atoms with Crippen LogP contribution in [0.25, 0.3) is 27.7 Å². The number of alkyl halides is 2. The molecule has 2 aliphatic rings. The fraction of sp³-hybridized carbons (Fsp3) is 0.520. The number of nitrogens with one attached hydrogen (secondary N) is 1. The first kappa shape index (κ1) is 24.0. The van der Waals surface area contributed by atoms with Gasteiger partial charge in [0.15, 0.2) is 0 Å². The van der Waals surface area contributed by atoms with E-state index in [-0.39, 0.29) is 30.5 Å². The van der Waals surface area contributed by atoms with Crippen LogP contribution in [-0.4, -0.2) is 85.4 Å². The lowest BCUT2D eigenvalue weighted by Gasteiger charge is -2.51. The number of piperidine rings is 1. The van der Waals surface area contributed by atoms with Gasteiger partial charge in [-0.3, -0.25) is 4.90 Å². The Labute approximate surface area is 212 Å². The summed E-state index contributed by atoms with van der Waals surface area (Å²) in [5.74, 6) is -2.55. The monoisotopic (exact) mass is 512 g/mol. The first-order valence-corrected chi connectivity index (χ1v) is 12.4. The van der Waals surface area contributed by atoms with E-state index in [0.717, 1.165) is 22.2 Å². The summed E-state index contributed by atoms with van der Waals surface area (Å²) in [4.78, 5) is 6.30. The highest BCUT2D eigenvalue weighted by atomic mass is 19.3. The lowest BCUT2D eigenvalue weighted by Crippen LogP contribution is -2.67. The average Bonchev–Trinajstić information content (AvgIpc) is 3.47. The molecule has 0 bridgehead atoms. The molecule has 10 nitrogen and oxygen atoms in total. The van der Waals surface area contributed by atoms with Crippen LogP contribution < -0.4 is 10.1 Å². The SMILES string of the molecule is COc1nc(NC2CCN(C3(C)COC3)CC2(F)F)nn2ccc(-c3ccc4nnn(C(C)C)c4c3)c12. The fourth-order valence-electron chi connectivity index (χ4n) is 5.23. The Morgan fingerprint density at radius 2 is 2.03 bits per heavy atom. The Kier molecular flexibility index (Phi) is 5.57. The molecule has 5 heterocycles. The zero-order valence-corrected chi connectivity index (χ0v) is 21.3. The molecule has 0 spiro atoms. The highest BCUT2D eigenvalue weighted by Gasteiger charge is 2.51. The molecule has 0 aliphatic carbocycles. The third kappa shape index (κ3) is 3.98. The van der Waals surface area contributed by atoms with Gasteiger partial charge in [0.1, 0.15) is 11.0 Å². The predicted octanol–water partition coefficient (Wildman–Crippen LogP) is 3.64. The van der Waals surface area contributed by atoms with Gasteiger partial charge in [0.05, 0.1) is 44.0 Å². The van der Waals surface area contributed by atoms with Gasteiger partial charge in [0.2, 0.25) is 11.8 Å². The van der Waals surface area contributed by atoms with Crippen molar-refractivity contribution in [3.63, 3.8) is 0 Å². The van der Waals surface area contributed by atoms with Crippen molar-refractivity contribution >= 4 is 22.5 Å². The van der Waals surface area contributed by atoms with Crippen LogP contribution in [0.5, 0.6) is 5.88 Å². The number of hydrogen-bond acceptors (Lipinski definition) is 8. The fourth-order valence-corrected chi connectivity index (χ4v) is 5.23. The summed E-state index contributed by atoms with van der Waals surface area (Å²) >= 11 is 0. The third-order valence-electron chi connectivity index (χ3n) is 7.44. The molecule has 2 saturated heterocycles. The minimum absolute atomic E-state index is 0.0975. The molecule has 0 radical (unpaired) electrons. The summed E-state index contributed by atoms with van der Waals surface area (Å²) in [5, 5.41) is 15.9. The minimum Gasteiger partial charge on any atom is -0.479 e. The van der Waals surface area contributed by atoms with E-state index in [1.54, 1.807) is 10.7 Å². The summed E-state index contributed by atoms with van der Waals surface area (Å²) in [6, 6.07) is 6.90. The van der Waals surface area contributed by atoms with Crippen molar-refractivity contribution in [1.82, 2.24) is 34.5 Å². The standard InChI is InChI=1S/C25H30F2N8O2/c1-15(2)35-19-11-16(5-6-18(19)30-32-35)17-7-10-34-21(17)22(36-4)29-23(31-34)28-20-8-9-33(12-25(20,26)27)24(3)13-37-14-24/h5-7,10-11,15,20H,8-9,12-14H2,1-4H3,(H,28,31). The van der Waals surface area contributed by atoms with Gasteiger partial charge in [-0.15, -0.1) is 10.2 Å². The second-order valence-corrected chi connectivity index (χ2v) is 10.5. The number of aromatic nitrogens is 6. The molecule has 6 rings (SSSR count). The number of nitrogens with zero attached hydrogens (tertiary/aromatic N) is 7. The number of fused-ring (bicyclic) bond motifs is 2. The number of rotatable bonds is 6. The normalized spacial score (nSPS) is 21.4. The van der Waals surface area contributed by atoms with E-state index in [0.29, 0.717) is 31.2 Å². The van der Waals surface area contributed by atoms with E-state index in [9.17, 15) is 0 Å². The highest BCUT2D eigenvalue weighted by Crippen LogP contribution is 2.37. The number of likely N-dealkylation sites (tertiary alicyclic amines) is 1. The zero-order chi connectivity index (χ0) is 25.9. The first-order chi connectivity index (χ1) is 17.7. The summed E-state index contributed by atoms with van der Waals surface area (Å²) in [6.45, 7) is 7.25. The van der Waals surface area contributed by atoms with Crippen molar-refractivity contribution in [1.29, 1.82) is 0 Å². The maximum absolute atomic E-state index is 15.2. The van der Waals surface area contributed by atoms with Gasteiger partial charge in [-0.05, 0) is 51.0 Å². The van der Waals surface area contributed by atoms with Gasteiger partial charge in [-0.25, -0.2) is 18.0 Å². The lowest BCUT2D eigenvalue weighted by atomic mass is 9.91. The Balaban J connectivity index is 1.30. The quantitative estimate of drug-likeness (QED) is 0.419. The number of methoxy groups -OCH3 is 1. The second-order valence-electron chi connectivity index (χ2n) is 10.5. The van der Waals surface area contributed by atoms with Crippen LogP contribution in [-0.2, 0) is 4.74 Å². The molecule has 2 aliphatic heterocycles. The molecular weight excluding hydrogens is 482 g/mol. The Hall–Kier alpha value is -3.38. The molecular formula is C25H30F2N8O2. The summed E-state index contributed by atoms with van der Waals surface area (Å²) in [7, 11) is 1.51. The molecule has 1 N–H and O–H groups in total. The van der Waals surface area contributed by atoms with Crippen LogP contribution in [0.2, 0.25) is 0 Å². The van der Waals surface area contributed by atoms with E-state index in [1.807, 2.05) is 40.8 Å². The Bertz CT molecular complexity index is 1460. The van der Waals surface area contributed by atoms with Gasteiger partial charge in [0.25, 0.3) is 5.92 Å². The maximum atomic E-state index is 15.2. The molecule has 37 heavy (non-hydrogen) atoms. The third-order valence-corrected chi connectivity index (χ3v) is 7.44. The van der Waals surface area contributed by atoms with Crippen LogP contribution in [0.3, 0.4) is 0 Å². The molecule has 0 saturated carbocycles. The molecule has 2 fully saturated rings. The van der Waals surface area contributed by atoms with Gasteiger partial charge in [-0.2, -0.15) is 4.98 Å². The number of anilines is 1. The van der Waals surface area contributed by atoms with E-state index >= 15 is 8.78 Å². The van der Waals surface area contributed by atoms with Crippen molar-refractivity contribution in [2.24, 2.45) is 0 Å². The maximum Gasteiger partial charge on any atom is 0.280 e. The van der Waals surface area contributed by atoms with Crippen LogP contribution in [0.1, 0.15) is 33.2 Å². The Morgan fingerprint density at radius 3 is 2.70 bits per heavy atom. The summed E-state index contributed by atoms with van der Waals surface area (Å²) in [5.41, 5.74) is 3.84. The largest absolute Gasteiger partial charge is 0.479 e. The van der Waals surface area contributed by atoms with Gasteiger partial charge >= 0.3 is 0 Å². The highest BCUT2D eigenvalue weighted by molar-refractivity contribution is 5.89. The van der Waals surface area contributed by atoms with Crippen LogP contribution in [0.4, 0.5) is 14.7 Å². The molecule has 0 amide bonds. The first-order valence-electron chi connectivity index (χ1n) is 12.4. The van der Waals surface area contributed by atoms with Crippen molar-refractivity contribution in [3.05, 3.63) is 30.5 Å². The van der Waals surface area contributed by atoms with Gasteiger partial charge < -0.3 is 14.8 Å².